The van der Waals surface area contributed by atoms with Crippen molar-refractivity contribution in [2.75, 3.05) is 6.54 Å². The molecule has 1 aromatic heterocycles. The molecule has 0 radical (unpaired) electrons. The molecule has 0 spiro atoms. The third-order valence-electron chi connectivity index (χ3n) is 2.44. The van der Waals surface area contributed by atoms with Crippen molar-refractivity contribution in [3.63, 3.8) is 0 Å². The Balaban J connectivity index is 2.45. The summed E-state index contributed by atoms with van der Waals surface area (Å²) < 4.78 is 1.41. The van der Waals surface area contributed by atoms with Crippen molar-refractivity contribution < 1.29 is 0 Å². The van der Waals surface area contributed by atoms with Gasteiger partial charge in [-0.15, -0.1) is 0 Å². The SMILES string of the molecule is NC[C@H](c1ccccc1)n1ncccc1=O. The largest absolute Gasteiger partial charge is 0.328 e. The van der Waals surface area contributed by atoms with Crippen LogP contribution in [0.2, 0.25) is 0 Å². The Hall–Kier alpha value is -1.94. The van der Waals surface area contributed by atoms with Crippen molar-refractivity contribution in [2.24, 2.45) is 5.73 Å². The average Bonchev–Trinajstić information content (AvgIpc) is 2.34. The minimum absolute atomic E-state index is 0.137. The highest BCUT2D eigenvalue weighted by Gasteiger charge is 2.12. The van der Waals surface area contributed by atoms with E-state index in [9.17, 15) is 4.79 Å². The highest BCUT2D eigenvalue weighted by atomic mass is 16.1. The van der Waals surface area contributed by atoms with Crippen LogP contribution in [0, 0.1) is 0 Å². The first-order valence-corrected chi connectivity index (χ1v) is 5.12. The second-order valence-electron chi connectivity index (χ2n) is 3.47. The van der Waals surface area contributed by atoms with E-state index in [1.165, 1.54) is 10.7 Å². The Morgan fingerprint density at radius 3 is 2.56 bits per heavy atom. The van der Waals surface area contributed by atoms with Crippen molar-refractivity contribution in [1.82, 2.24) is 9.78 Å². The molecule has 4 heteroatoms. The fraction of sp³-hybridized carbons (Fsp3) is 0.167. The molecular weight excluding hydrogens is 202 g/mol. The number of aromatic nitrogens is 2. The Morgan fingerprint density at radius 1 is 1.19 bits per heavy atom. The molecule has 1 heterocycles. The average molecular weight is 215 g/mol. The zero-order chi connectivity index (χ0) is 11.4. The molecule has 16 heavy (non-hydrogen) atoms. The molecule has 0 aliphatic heterocycles. The van der Waals surface area contributed by atoms with Crippen LogP contribution >= 0.6 is 0 Å². The number of hydrogen-bond donors (Lipinski definition) is 1. The second kappa shape index (κ2) is 4.72. The highest BCUT2D eigenvalue weighted by Crippen LogP contribution is 2.13. The topological polar surface area (TPSA) is 60.9 Å². The van der Waals surface area contributed by atoms with E-state index in [0.717, 1.165) is 5.56 Å². The normalized spacial score (nSPS) is 12.3. The van der Waals surface area contributed by atoms with E-state index < -0.39 is 0 Å². The molecule has 2 N–H and O–H groups in total. The van der Waals surface area contributed by atoms with Gasteiger partial charge in [0.25, 0.3) is 5.56 Å². The predicted molar refractivity (Wildman–Crippen MR) is 62.1 cm³/mol. The van der Waals surface area contributed by atoms with Crippen LogP contribution < -0.4 is 11.3 Å². The maximum absolute atomic E-state index is 11.6. The molecule has 0 aliphatic carbocycles. The van der Waals surface area contributed by atoms with Crippen LogP contribution in [0.25, 0.3) is 0 Å². The van der Waals surface area contributed by atoms with E-state index in [1.807, 2.05) is 30.3 Å². The van der Waals surface area contributed by atoms with E-state index in [1.54, 1.807) is 12.3 Å². The minimum atomic E-state index is -0.199. The van der Waals surface area contributed by atoms with Crippen LogP contribution in [-0.4, -0.2) is 16.3 Å². The zero-order valence-electron chi connectivity index (χ0n) is 8.78. The first-order chi connectivity index (χ1) is 7.83. The lowest BCUT2D eigenvalue weighted by molar-refractivity contribution is 0.503. The summed E-state index contributed by atoms with van der Waals surface area (Å²) in [5.74, 6) is 0. The van der Waals surface area contributed by atoms with Crippen LogP contribution in [0.5, 0.6) is 0 Å². The monoisotopic (exact) mass is 215 g/mol. The summed E-state index contributed by atoms with van der Waals surface area (Å²) in [6.45, 7) is 0.348. The van der Waals surface area contributed by atoms with Crippen molar-refractivity contribution in [1.29, 1.82) is 0 Å². The molecule has 0 fully saturated rings. The predicted octanol–water partition coefficient (Wildman–Crippen LogP) is 0.791. The molecular formula is C12H13N3O. The van der Waals surface area contributed by atoms with Gasteiger partial charge in [-0.1, -0.05) is 30.3 Å². The summed E-state index contributed by atoms with van der Waals surface area (Å²) in [4.78, 5) is 11.6. The van der Waals surface area contributed by atoms with Crippen LogP contribution in [0.4, 0.5) is 0 Å². The van der Waals surface area contributed by atoms with E-state index in [-0.39, 0.29) is 11.6 Å². The molecule has 0 saturated heterocycles. The molecule has 1 aromatic carbocycles. The zero-order valence-corrected chi connectivity index (χ0v) is 8.78. The summed E-state index contributed by atoms with van der Waals surface area (Å²) >= 11 is 0. The molecule has 0 amide bonds. The number of rotatable bonds is 3. The van der Waals surface area contributed by atoms with Gasteiger partial charge in [-0.05, 0) is 11.6 Å². The van der Waals surface area contributed by atoms with Gasteiger partial charge < -0.3 is 5.73 Å². The van der Waals surface area contributed by atoms with Crippen molar-refractivity contribution in [2.45, 2.75) is 6.04 Å². The van der Waals surface area contributed by atoms with E-state index in [2.05, 4.69) is 5.10 Å². The maximum Gasteiger partial charge on any atom is 0.267 e. The van der Waals surface area contributed by atoms with E-state index >= 15 is 0 Å². The third-order valence-corrected chi connectivity index (χ3v) is 2.44. The molecule has 2 aromatic rings. The maximum atomic E-state index is 11.6. The Bertz CT molecular complexity index is 507. The Kier molecular flexibility index (Phi) is 3.12. The van der Waals surface area contributed by atoms with Gasteiger partial charge >= 0.3 is 0 Å². The van der Waals surface area contributed by atoms with Crippen LogP contribution in [0.15, 0.2) is 53.5 Å². The molecule has 82 valence electrons. The Morgan fingerprint density at radius 2 is 1.94 bits per heavy atom. The quantitative estimate of drug-likeness (QED) is 0.823. The summed E-state index contributed by atoms with van der Waals surface area (Å²) in [7, 11) is 0. The van der Waals surface area contributed by atoms with Gasteiger partial charge in [0.1, 0.15) is 0 Å². The Labute approximate surface area is 93.3 Å². The lowest BCUT2D eigenvalue weighted by Gasteiger charge is -2.16. The van der Waals surface area contributed by atoms with Gasteiger partial charge in [-0.25, -0.2) is 4.68 Å². The van der Waals surface area contributed by atoms with Crippen LogP contribution in [-0.2, 0) is 0 Å². The third kappa shape index (κ3) is 2.01. The summed E-state index contributed by atoms with van der Waals surface area (Å²) in [5, 5.41) is 4.05. The second-order valence-corrected chi connectivity index (χ2v) is 3.47. The fourth-order valence-electron chi connectivity index (χ4n) is 1.66. The summed E-state index contributed by atoms with van der Waals surface area (Å²) in [5.41, 5.74) is 6.56. The standard InChI is InChI=1S/C12H13N3O/c13-9-11(10-5-2-1-3-6-10)15-12(16)7-4-8-14-15/h1-8,11H,9,13H2/t11-/m1/s1. The van der Waals surface area contributed by atoms with E-state index in [4.69, 9.17) is 5.73 Å². The number of nitrogens with two attached hydrogens (primary N) is 1. The van der Waals surface area contributed by atoms with Crippen molar-refractivity contribution in [3.8, 4) is 0 Å². The van der Waals surface area contributed by atoms with E-state index in [0.29, 0.717) is 6.54 Å². The molecule has 0 bridgehead atoms. The van der Waals surface area contributed by atoms with Gasteiger partial charge in [0, 0.05) is 18.8 Å². The minimum Gasteiger partial charge on any atom is -0.328 e. The van der Waals surface area contributed by atoms with Crippen LogP contribution in [0.1, 0.15) is 11.6 Å². The first-order valence-electron chi connectivity index (χ1n) is 5.12. The van der Waals surface area contributed by atoms with Gasteiger partial charge in [0.15, 0.2) is 0 Å². The molecule has 0 aliphatic rings. The van der Waals surface area contributed by atoms with Gasteiger partial charge in [-0.2, -0.15) is 5.10 Å². The highest BCUT2D eigenvalue weighted by molar-refractivity contribution is 5.19. The lowest BCUT2D eigenvalue weighted by atomic mass is 10.1. The van der Waals surface area contributed by atoms with Crippen molar-refractivity contribution >= 4 is 0 Å². The first kappa shape index (κ1) is 10.6. The van der Waals surface area contributed by atoms with Gasteiger partial charge in [0.05, 0.1) is 6.04 Å². The molecule has 0 unspecified atom stereocenters. The molecule has 2 rings (SSSR count). The summed E-state index contributed by atoms with van der Waals surface area (Å²) in [6.07, 6.45) is 1.59. The smallest absolute Gasteiger partial charge is 0.267 e. The lowest BCUT2D eigenvalue weighted by Crippen LogP contribution is -2.31. The number of nitrogens with zero attached hydrogens (tertiary/aromatic N) is 2. The molecule has 1 atom stereocenters. The van der Waals surface area contributed by atoms with Gasteiger partial charge in [0.2, 0.25) is 0 Å². The molecule has 4 nitrogen and oxygen atoms in total. The van der Waals surface area contributed by atoms with Crippen LogP contribution in [0.3, 0.4) is 0 Å². The summed E-state index contributed by atoms with van der Waals surface area (Å²) in [6, 6.07) is 12.6. The molecule has 0 saturated carbocycles. The number of hydrogen-bond acceptors (Lipinski definition) is 3. The fourth-order valence-corrected chi connectivity index (χ4v) is 1.66. The van der Waals surface area contributed by atoms with Gasteiger partial charge in [-0.3, -0.25) is 4.79 Å². The van der Waals surface area contributed by atoms with Crippen molar-refractivity contribution in [3.05, 3.63) is 64.6 Å². The number of benzene rings is 1.